The Hall–Kier alpha value is 2.26. The number of rotatable bonds is 4. The Labute approximate surface area is 162 Å². The molecule has 23 heavy (non-hydrogen) atoms. The average Bonchev–Trinajstić information content (AvgIpc) is 2.53. The molecule has 2 aliphatic heterocycles. The Balaban J connectivity index is 1.34. The Morgan fingerprint density at radius 2 is 1.04 bits per heavy atom. The fourth-order valence-electron chi connectivity index (χ4n) is 3.90. The molecule has 0 aromatic heterocycles. The van der Waals surface area contributed by atoms with Crippen LogP contribution < -0.4 is 0 Å². The van der Waals surface area contributed by atoms with E-state index < -0.39 is 5.54 Å². The molecule has 2 heterocycles. The van der Waals surface area contributed by atoms with Gasteiger partial charge in [0, 0.05) is 0 Å². The second-order valence-corrected chi connectivity index (χ2v) is 78.5. The first-order valence-electron chi connectivity index (χ1n) is 8.97. The van der Waals surface area contributed by atoms with Crippen LogP contribution in [0.3, 0.4) is 0 Å². The first-order chi connectivity index (χ1) is 11.2. The van der Waals surface area contributed by atoms with Crippen molar-refractivity contribution in [3.8, 4) is 0 Å². The standard InChI is InChI=1S/C16H28N2Se5/c1-17(13-9-5-3-6-10-13)15-19-23(20-15)21-16(22-23)18(2)14-11-7-4-8-12-14/h13-14H,3-12H2,1-2H3. The predicted molar refractivity (Wildman–Crippen MR) is 108 cm³/mol. The van der Waals surface area contributed by atoms with E-state index in [1.54, 1.807) is 0 Å². The summed E-state index contributed by atoms with van der Waals surface area (Å²) in [5.41, 5.74) is -0.766. The first-order valence-corrected chi connectivity index (χ1v) is 29.7. The molecule has 2 radical (unpaired) electrons. The minimum absolute atomic E-state index is 0.766. The van der Waals surface area contributed by atoms with Crippen LogP contribution >= 0.6 is 0 Å². The van der Waals surface area contributed by atoms with Gasteiger partial charge in [0.05, 0.1) is 0 Å². The van der Waals surface area contributed by atoms with Gasteiger partial charge in [-0.3, -0.25) is 0 Å². The van der Waals surface area contributed by atoms with Gasteiger partial charge in [0.1, 0.15) is 0 Å². The molecule has 0 atom stereocenters. The van der Waals surface area contributed by atoms with Gasteiger partial charge in [-0.15, -0.1) is 0 Å². The van der Waals surface area contributed by atoms with E-state index in [-0.39, 0.29) is 0 Å². The van der Waals surface area contributed by atoms with Gasteiger partial charge < -0.3 is 0 Å². The third kappa shape index (κ3) is 4.08. The van der Waals surface area contributed by atoms with Crippen LogP contribution in [0.4, 0.5) is 0 Å². The minimum atomic E-state index is -0.766. The molecule has 0 aromatic rings. The summed E-state index contributed by atoms with van der Waals surface area (Å²) in [5.74, 6) is 0. The molecule has 0 bridgehead atoms. The molecule has 0 saturated heterocycles. The maximum atomic E-state index is 2.80. The van der Waals surface area contributed by atoms with Crippen molar-refractivity contribution in [2.75, 3.05) is 14.1 Å². The normalized spacial score (nSPS) is 29.9. The van der Waals surface area contributed by atoms with Gasteiger partial charge in [-0.05, 0) is 0 Å². The topological polar surface area (TPSA) is 6.48 Å². The van der Waals surface area contributed by atoms with Gasteiger partial charge >= 0.3 is 164 Å². The van der Waals surface area contributed by atoms with E-state index in [0.717, 1.165) is 63.7 Å². The average molecular weight is 643 g/mol. The second-order valence-electron chi connectivity index (χ2n) is 7.08. The van der Waals surface area contributed by atoms with Crippen LogP contribution in [0.15, 0.2) is 0 Å². The summed E-state index contributed by atoms with van der Waals surface area (Å²) < 4.78 is 4.00. The van der Waals surface area contributed by atoms with Crippen LogP contribution in [0.1, 0.15) is 64.2 Å². The summed E-state index contributed by atoms with van der Waals surface area (Å²) >= 11 is 4.11. The molecule has 0 N–H and O–H groups in total. The quantitative estimate of drug-likeness (QED) is 0.422. The molecule has 1 spiro atoms. The fourth-order valence-corrected chi connectivity index (χ4v) is 137. The number of nitrogens with zero attached hydrogens (tertiary/aromatic N) is 2. The Morgan fingerprint density at radius 1 is 0.696 bits per heavy atom. The SMILES string of the molecule is CN(C1=[Se][Se]2([Se]1)[Se]C(N(C)C1CCCCC1)=[Se]2)C1CCCCC1. The monoisotopic (exact) mass is 648 g/mol. The third-order valence-corrected chi connectivity index (χ3v) is 87.6. The van der Waals surface area contributed by atoms with Crippen LogP contribution in [0.25, 0.3) is 0 Å². The van der Waals surface area contributed by atoms with E-state index in [2.05, 4.69) is 23.9 Å². The van der Waals surface area contributed by atoms with Gasteiger partial charge in [-0.2, -0.15) is 0 Å². The van der Waals surface area contributed by atoms with Crippen molar-refractivity contribution < 1.29 is 0 Å². The van der Waals surface area contributed by atoms with Crippen molar-refractivity contribution >= 4 is 64.1 Å². The van der Waals surface area contributed by atoms with Gasteiger partial charge in [0.25, 0.3) is 0 Å². The summed E-state index contributed by atoms with van der Waals surface area (Å²) in [6.07, 6.45) is 14.9. The molecule has 7 heteroatoms. The summed E-state index contributed by atoms with van der Waals surface area (Å²) in [4.78, 5) is 5.60. The number of hydrogen-bond acceptors (Lipinski definition) is 2. The van der Waals surface area contributed by atoms with Crippen molar-refractivity contribution in [1.29, 1.82) is 0 Å². The van der Waals surface area contributed by atoms with Gasteiger partial charge in [0.2, 0.25) is 0 Å². The fraction of sp³-hybridized carbons (Fsp3) is 0.875. The van der Waals surface area contributed by atoms with Crippen molar-refractivity contribution in [1.82, 2.24) is 9.80 Å². The summed E-state index contributed by atoms with van der Waals surface area (Å²) in [7, 11) is 4.91. The van der Waals surface area contributed by atoms with Crippen molar-refractivity contribution in [2.24, 2.45) is 0 Å². The Bertz CT molecular complexity index is 463. The van der Waals surface area contributed by atoms with Crippen LogP contribution in [0.5, 0.6) is 0 Å². The third-order valence-electron chi connectivity index (χ3n) is 5.51. The molecule has 0 amide bonds. The zero-order chi connectivity index (χ0) is 15.9. The van der Waals surface area contributed by atoms with Crippen LogP contribution in [0, 0.1) is 0 Å². The molecule has 4 aliphatic rings. The molecule has 2 nitrogen and oxygen atoms in total. The van der Waals surface area contributed by atoms with Gasteiger partial charge in [-0.25, -0.2) is 0 Å². The summed E-state index contributed by atoms with van der Waals surface area (Å²) in [5, 5.41) is 0. The second kappa shape index (κ2) is 8.10. The molecule has 2 aliphatic carbocycles. The van der Waals surface area contributed by atoms with E-state index in [0.29, 0.717) is 0 Å². The van der Waals surface area contributed by atoms with Gasteiger partial charge in [-0.1, -0.05) is 0 Å². The van der Waals surface area contributed by atoms with Crippen LogP contribution in [-0.4, -0.2) is 100 Å². The number of hydrogen-bond donors (Lipinski definition) is 0. The zero-order valence-electron chi connectivity index (χ0n) is 14.2. The van der Waals surface area contributed by atoms with E-state index in [1.807, 2.05) is 6.88 Å². The van der Waals surface area contributed by atoms with Crippen molar-refractivity contribution in [3.63, 3.8) is 0 Å². The molecule has 0 unspecified atom stereocenters. The van der Waals surface area contributed by atoms with E-state index >= 15 is 0 Å². The zero-order valence-corrected chi connectivity index (χ0v) is 22.7. The molecular formula is C16H28N2Se5. The Morgan fingerprint density at radius 3 is 1.39 bits per heavy atom. The van der Waals surface area contributed by atoms with Crippen molar-refractivity contribution in [2.45, 2.75) is 76.3 Å². The first kappa shape index (κ1) is 18.6. The Kier molecular flexibility index (Phi) is 6.55. The van der Waals surface area contributed by atoms with Crippen molar-refractivity contribution in [3.05, 3.63) is 0 Å². The maximum absolute atomic E-state index is 2.80. The molecule has 2 saturated carbocycles. The molecule has 0 aromatic carbocycles. The molecule has 2 fully saturated rings. The summed E-state index contributed by atoms with van der Waals surface area (Å²) in [6, 6.07) is 1.87. The van der Waals surface area contributed by atoms with Crippen LogP contribution in [-0.2, 0) is 0 Å². The molecular weight excluding hydrogens is 615 g/mol. The molecule has 132 valence electrons. The van der Waals surface area contributed by atoms with E-state index in [4.69, 9.17) is 0 Å². The van der Waals surface area contributed by atoms with Gasteiger partial charge in [0.15, 0.2) is 0 Å². The van der Waals surface area contributed by atoms with E-state index in [9.17, 15) is 0 Å². The van der Waals surface area contributed by atoms with Crippen LogP contribution in [0.2, 0.25) is 0 Å². The summed E-state index contributed by atoms with van der Waals surface area (Å²) in [6.45, 7) is 0. The van der Waals surface area contributed by atoms with E-state index in [1.165, 1.54) is 64.2 Å². The predicted octanol–water partition coefficient (Wildman–Crippen LogP) is 0.970. The molecule has 4 rings (SSSR count).